The van der Waals surface area contributed by atoms with Crippen LogP contribution in [-0.2, 0) is 6.18 Å². The number of hydrogen-bond acceptors (Lipinski definition) is 1. The van der Waals surface area contributed by atoms with Gasteiger partial charge in [0.05, 0.1) is 5.56 Å². The summed E-state index contributed by atoms with van der Waals surface area (Å²) in [4.78, 5) is 0. The summed E-state index contributed by atoms with van der Waals surface area (Å²) in [5.41, 5.74) is 4.49. The molecule has 0 fully saturated rings. The Hall–Kier alpha value is -1.10. The second-order valence-electron chi connectivity index (χ2n) is 3.71. The van der Waals surface area contributed by atoms with Gasteiger partial charge in [0, 0.05) is 0 Å². The summed E-state index contributed by atoms with van der Waals surface area (Å²) < 4.78 is 50.7. The number of alkyl halides is 3. The topological polar surface area (TPSA) is 26.0 Å². The van der Waals surface area contributed by atoms with Crippen molar-refractivity contribution in [3.05, 3.63) is 35.1 Å². The molecule has 1 atom stereocenters. The van der Waals surface area contributed by atoms with Crippen LogP contribution in [0.2, 0.25) is 0 Å². The molecule has 0 heterocycles. The average Bonchev–Trinajstić information content (AvgIpc) is 2.16. The molecule has 0 aliphatic rings. The number of halogens is 4. The van der Waals surface area contributed by atoms with Crippen LogP contribution in [0.4, 0.5) is 17.6 Å². The third-order valence-corrected chi connectivity index (χ3v) is 2.45. The summed E-state index contributed by atoms with van der Waals surface area (Å²) >= 11 is 0. The highest BCUT2D eigenvalue weighted by atomic mass is 19.4. The second kappa shape index (κ2) is 4.82. The lowest BCUT2D eigenvalue weighted by Crippen LogP contribution is -2.13. The summed E-state index contributed by atoms with van der Waals surface area (Å²) in [6.07, 6.45) is -4.09. The number of benzene rings is 1. The fourth-order valence-electron chi connectivity index (χ4n) is 1.61. The van der Waals surface area contributed by atoms with Gasteiger partial charge in [-0.25, -0.2) is 4.39 Å². The Labute approximate surface area is 91.3 Å². The van der Waals surface area contributed by atoms with Crippen LogP contribution in [0.1, 0.15) is 30.4 Å². The molecule has 16 heavy (non-hydrogen) atoms. The van der Waals surface area contributed by atoms with Crippen LogP contribution >= 0.6 is 0 Å². The maximum atomic E-state index is 12.8. The Balaban J connectivity index is 3.18. The number of nitrogens with two attached hydrogens (primary N) is 1. The lowest BCUT2D eigenvalue weighted by molar-refractivity contribution is -0.138. The van der Waals surface area contributed by atoms with Crippen molar-refractivity contribution in [2.75, 3.05) is 6.54 Å². The Kier molecular flexibility index (Phi) is 3.91. The van der Waals surface area contributed by atoms with E-state index in [1.54, 1.807) is 6.92 Å². The molecule has 0 aliphatic carbocycles. The average molecular weight is 235 g/mol. The van der Waals surface area contributed by atoms with Gasteiger partial charge >= 0.3 is 6.18 Å². The molecule has 0 aromatic heterocycles. The van der Waals surface area contributed by atoms with Gasteiger partial charge in [0.1, 0.15) is 5.82 Å². The van der Waals surface area contributed by atoms with E-state index in [-0.39, 0.29) is 11.5 Å². The van der Waals surface area contributed by atoms with E-state index in [9.17, 15) is 17.6 Å². The standard InChI is InChI=1S/C11H13F4N/c1-7(4-5-16)9-3-2-8(12)6-10(9)11(13,14)15/h2-3,6-7H,4-5,16H2,1H3. The van der Waals surface area contributed by atoms with E-state index in [4.69, 9.17) is 5.73 Å². The molecule has 1 aromatic carbocycles. The molecule has 0 aliphatic heterocycles. The van der Waals surface area contributed by atoms with Gasteiger partial charge in [0.2, 0.25) is 0 Å². The molecule has 1 rings (SSSR count). The van der Waals surface area contributed by atoms with Crippen LogP contribution in [0, 0.1) is 5.82 Å². The van der Waals surface area contributed by atoms with Gasteiger partial charge in [-0.3, -0.25) is 0 Å². The molecule has 90 valence electrons. The van der Waals surface area contributed by atoms with Crippen molar-refractivity contribution in [1.29, 1.82) is 0 Å². The zero-order valence-electron chi connectivity index (χ0n) is 8.81. The first-order chi connectivity index (χ1) is 7.36. The third kappa shape index (κ3) is 2.95. The van der Waals surface area contributed by atoms with Crippen molar-refractivity contribution >= 4 is 0 Å². The minimum Gasteiger partial charge on any atom is -0.330 e. The van der Waals surface area contributed by atoms with Crippen molar-refractivity contribution in [2.45, 2.75) is 25.4 Å². The lowest BCUT2D eigenvalue weighted by atomic mass is 9.93. The normalized spacial score (nSPS) is 13.9. The predicted octanol–water partition coefficient (Wildman–Crippen LogP) is 3.30. The molecule has 1 aromatic rings. The molecule has 1 unspecified atom stereocenters. The molecular weight excluding hydrogens is 222 g/mol. The largest absolute Gasteiger partial charge is 0.416 e. The second-order valence-corrected chi connectivity index (χ2v) is 3.71. The molecule has 2 N–H and O–H groups in total. The first-order valence-corrected chi connectivity index (χ1v) is 4.93. The van der Waals surface area contributed by atoms with Gasteiger partial charge in [-0.15, -0.1) is 0 Å². The van der Waals surface area contributed by atoms with Crippen molar-refractivity contribution in [3.8, 4) is 0 Å². The van der Waals surface area contributed by atoms with Gasteiger partial charge in [-0.1, -0.05) is 13.0 Å². The predicted molar refractivity (Wildman–Crippen MR) is 53.5 cm³/mol. The highest BCUT2D eigenvalue weighted by molar-refractivity contribution is 5.33. The lowest BCUT2D eigenvalue weighted by Gasteiger charge is -2.17. The third-order valence-electron chi connectivity index (χ3n) is 2.45. The van der Waals surface area contributed by atoms with E-state index < -0.39 is 17.6 Å². The zero-order chi connectivity index (χ0) is 12.3. The van der Waals surface area contributed by atoms with E-state index in [0.29, 0.717) is 19.0 Å². The zero-order valence-corrected chi connectivity index (χ0v) is 8.81. The summed E-state index contributed by atoms with van der Waals surface area (Å²) in [5, 5.41) is 0. The molecule has 0 amide bonds. The Morgan fingerprint density at radius 2 is 1.94 bits per heavy atom. The molecule has 0 radical (unpaired) electrons. The van der Waals surface area contributed by atoms with Crippen LogP contribution in [0.3, 0.4) is 0 Å². The van der Waals surface area contributed by atoms with E-state index >= 15 is 0 Å². The fraction of sp³-hybridized carbons (Fsp3) is 0.455. The number of rotatable bonds is 3. The maximum absolute atomic E-state index is 12.8. The van der Waals surface area contributed by atoms with E-state index in [1.165, 1.54) is 6.07 Å². The Morgan fingerprint density at radius 3 is 2.44 bits per heavy atom. The number of hydrogen-bond donors (Lipinski definition) is 1. The smallest absolute Gasteiger partial charge is 0.330 e. The summed E-state index contributed by atoms with van der Waals surface area (Å²) in [6.45, 7) is 1.95. The van der Waals surface area contributed by atoms with Gasteiger partial charge in [-0.05, 0) is 36.6 Å². The SMILES string of the molecule is CC(CCN)c1ccc(F)cc1C(F)(F)F. The van der Waals surface area contributed by atoms with Crippen LogP contribution in [-0.4, -0.2) is 6.54 Å². The first kappa shape index (κ1) is 13.0. The van der Waals surface area contributed by atoms with Crippen molar-refractivity contribution < 1.29 is 17.6 Å². The highest BCUT2D eigenvalue weighted by Crippen LogP contribution is 2.36. The molecule has 0 spiro atoms. The van der Waals surface area contributed by atoms with E-state index in [1.807, 2.05) is 0 Å². The quantitative estimate of drug-likeness (QED) is 0.799. The summed E-state index contributed by atoms with van der Waals surface area (Å²) in [6, 6.07) is 2.75. The monoisotopic (exact) mass is 235 g/mol. The van der Waals surface area contributed by atoms with Gasteiger partial charge in [0.15, 0.2) is 0 Å². The minimum absolute atomic E-state index is 0.0966. The fourth-order valence-corrected chi connectivity index (χ4v) is 1.61. The van der Waals surface area contributed by atoms with Gasteiger partial charge in [-0.2, -0.15) is 13.2 Å². The van der Waals surface area contributed by atoms with Gasteiger partial charge in [0.25, 0.3) is 0 Å². The van der Waals surface area contributed by atoms with Crippen LogP contribution < -0.4 is 5.73 Å². The maximum Gasteiger partial charge on any atom is 0.416 e. The first-order valence-electron chi connectivity index (χ1n) is 4.93. The molecular formula is C11H13F4N. The molecule has 1 nitrogen and oxygen atoms in total. The highest BCUT2D eigenvalue weighted by Gasteiger charge is 2.34. The molecule has 0 saturated carbocycles. The van der Waals surface area contributed by atoms with Crippen LogP contribution in [0.5, 0.6) is 0 Å². The molecule has 5 heteroatoms. The van der Waals surface area contributed by atoms with Crippen LogP contribution in [0.25, 0.3) is 0 Å². The molecule has 0 saturated heterocycles. The van der Waals surface area contributed by atoms with Crippen molar-refractivity contribution in [3.63, 3.8) is 0 Å². The molecule has 0 bridgehead atoms. The van der Waals surface area contributed by atoms with Gasteiger partial charge < -0.3 is 5.73 Å². The summed E-state index contributed by atoms with van der Waals surface area (Å²) in [5.74, 6) is -1.21. The Bertz CT molecular complexity index is 359. The van der Waals surface area contributed by atoms with E-state index in [2.05, 4.69) is 0 Å². The van der Waals surface area contributed by atoms with Crippen LogP contribution in [0.15, 0.2) is 18.2 Å². The summed E-state index contributed by atoms with van der Waals surface area (Å²) in [7, 11) is 0. The van der Waals surface area contributed by atoms with Crippen molar-refractivity contribution in [1.82, 2.24) is 0 Å². The Morgan fingerprint density at radius 1 is 1.31 bits per heavy atom. The van der Waals surface area contributed by atoms with Crippen molar-refractivity contribution in [2.24, 2.45) is 5.73 Å². The minimum atomic E-state index is -4.53. The van der Waals surface area contributed by atoms with E-state index in [0.717, 1.165) is 6.07 Å².